The highest BCUT2D eigenvalue weighted by Gasteiger charge is 2.49. The molecule has 0 aromatic carbocycles. The van der Waals surface area contributed by atoms with Gasteiger partial charge in [0.2, 0.25) is 0 Å². The molecule has 0 aromatic rings. The second kappa shape index (κ2) is 8.46. The monoisotopic (exact) mass is 359 g/mol. The van der Waals surface area contributed by atoms with Crippen molar-refractivity contribution in [3.05, 3.63) is 0 Å². The predicted octanol–water partition coefficient (Wildman–Crippen LogP) is 3.58. The van der Waals surface area contributed by atoms with Gasteiger partial charge in [0, 0.05) is 0 Å². The number of carbonyl (C=O) groups is 1. The van der Waals surface area contributed by atoms with E-state index in [0.29, 0.717) is 0 Å². The Morgan fingerprint density at radius 3 is 1.91 bits per heavy atom. The fourth-order valence-corrected chi connectivity index (χ4v) is 2.75. The van der Waals surface area contributed by atoms with Crippen molar-refractivity contribution in [1.82, 2.24) is 4.72 Å². The van der Waals surface area contributed by atoms with Gasteiger partial charge in [0.05, 0.1) is 27.8 Å². The van der Waals surface area contributed by atoms with E-state index in [9.17, 15) is 22.2 Å². The van der Waals surface area contributed by atoms with Gasteiger partial charge in [-0.1, -0.05) is 13.8 Å². The summed E-state index contributed by atoms with van der Waals surface area (Å²) in [5, 5.41) is 0. The lowest BCUT2D eigenvalue weighted by Gasteiger charge is -2.31. The van der Waals surface area contributed by atoms with Crippen molar-refractivity contribution in [3.63, 3.8) is 0 Å². The van der Waals surface area contributed by atoms with Gasteiger partial charge in [0.1, 0.15) is 6.04 Å². The van der Waals surface area contributed by atoms with Crippen LogP contribution in [0.1, 0.15) is 54.9 Å². The fraction of sp³-hybridized carbons (Fsp3) is 0.933. The van der Waals surface area contributed by atoms with Gasteiger partial charge in [-0.05, 0) is 47.0 Å². The Morgan fingerprint density at radius 1 is 1.13 bits per heavy atom. The molecule has 0 aliphatic rings. The highest BCUT2D eigenvalue weighted by atomic mass is 32.2. The molecule has 0 heterocycles. The van der Waals surface area contributed by atoms with Gasteiger partial charge in [-0.2, -0.15) is 13.2 Å². The topological polar surface area (TPSA) is 55.4 Å². The fourth-order valence-electron chi connectivity index (χ4n) is 1.87. The first-order valence-corrected chi connectivity index (χ1v) is 8.76. The number of esters is 1. The molecule has 138 valence electrons. The minimum atomic E-state index is -4.71. The number of hydrogen-bond acceptors (Lipinski definition) is 3. The third-order valence-corrected chi connectivity index (χ3v) is 4.51. The van der Waals surface area contributed by atoms with Gasteiger partial charge < -0.3 is 4.74 Å². The summed E-state index contributed by atoms with van der Waals surface area (Å²) in [5.41, 5.74) is 0. The van der Waals surface area contributed by atoms with Crippen molar-refractivity contribution in [1.29, 1.82) is 0 Å². The standard InChI is InChI=1S/C15H28F3NO3S/c1-9(2)8-11(13(20)22-10(3)4)12(15(16,17)18)19-23(21)14(5,6)7/h9-12,19H,8H2,1-7H3/t11-,12-,23-/m1/s1. The van der Waals surface area contributed by atoms with Gasteiger partial charge >= 0.3 is 12.1 Å². The van der Waals surface area contributed by atoms with Crippen LogP contribution >= 0.6 is 0 Å². The van der Waals surface area contributed by atoms with E-state index in [2.05, 4.69) is 4.72 Å². The minimum absolute atomic E-state index is 0.00985. The zero-order chi connectivity index (χ0) is 18.6. The molecule has 1 N–H and O–H groups in total. The number of halogens is 3. The molecular formula is C15H28F3NO3S. The quantitative estimate of drug-likeness (QED) is 0.707. The van der Waals surface area contributed by atoms with Gasteiger partial charge in [-0.15, -0.1) is 0 Å². The normalized spacial score (nSPS) is 17.2. The van der Waals surface area contributed by atoms with Crippen molar-refractivity contribution in [3.8, 4) is 0 Å². The summed E-state index contributed by atoms with van der Waals surface area (Å²) in [6.07, 6.45) is -5.24. The van der Waals surface area contributed by atoms with Crippen LogP contribution in [0, 0.1) is 11.8 Å². The molecular weight excluding hydrogens is 331 g/mol. The van der Waals surface area contributed by atoms with Crippen LogP contribution in [-0.2, 0) is 20.5 Å². The molecule has 8 heteroatoms. The van der Waals surface area contributed by atoms with Crippen molar-refractivity contribution >= 4 is 17.0 Å². The summed E-state index contributed by atoms with van der Waals surface area (Å²) < 4.78 is 58.7. The summed E-state index contributed by atoms with van der Waals surface area (Å²) in [7, 11) is -1.96. The molecule has 0 aliphatic heterocycles. The summed E-state index contributed by atoms with van der Waals surface area (Å²) in [5.74, 6) is -2.51. The molecule has 0 rings (SSSR count). The van der Waals surface area contributed by atoms with Crippen molar-refractivity contribution in [2.24, 2.45) is 11.8 Å². The smallest absolute Gasteiger partial charge is 0.405 e. The lowest BCUT2D eigenvalue weighted by molar-refractivity contribution is -0.182. The maximum atomic E-state index is 13.5. The van der Waals surface area contributed by atoms with Gasteiger partial charge in [0.25, 0.3) is 0 Å². The van der Waals surface area contributed by atoms with E-state index in [-0.39, 0.29) is 12.3 Å². The SMILES string of the molecule is CC(C)C[C@@H](C(=O)OC(C)C)[C@@H](N[S@](=O)C(C)(C)C)C(F)(F)F. The second-order valence-electron chi connectivity index (χ2n) is 7.24. The molecule has 0 fully saturated rings. The Morgan fingerprint density at radius 2 is 1.61 bits per heavy atom. The van der Waals surface area contributed by atoms with E-state index in [4.69, 9.17) is 4.74 Å². The van der Waals surface area contributed by atoms with E-state index in [1.807, 2.05) is 0 Å². The van der Waals surface area contributed by atoms with Gasteiger partial charge in [0.15, 0.2) is 0 Å². The van der Waals surface area contributed by atoms with Crippen LogP contribution in [0.5, 0.6) is 0 Å². The van der Waals surface area contributed by atoms with Crippen LogP contribution in [0.25, 0.3) is 0 Å². The van der Waals surface area contributed by atoms with Crippen molar-refractivity contribution < 1.29 is 26.9 Å². The van der Waals surface area contributed by atoms with Crippen LogP contribution in [-0.4, -0.2) is 33.2 Å². The molecule has 23 heavy (non-hydrogen) atoms. The Bertz CT molecular complexity index is 417. The number of rotatable bonds is 7. The summed E-state index contributed by atoms with van der Waals surface area (Å²) >= 11 is 0. The van der Waals surface area contributed by atoms with E-state index in [0.717, 1.165) is 0 Å². The largest absolute Gasteiger partial charge is 0.463 e. The average molecular weight is 359 g/mol. The van der Waals surface area contributed by atoms with Gasteiger partial charge in [-0.25, -0.2) is 8.93 Å². The summed E-state index contributed by atoms with van der Waals surface area (Å²) in [6.45, 7) is 11.3. The Hall–Kier alpha value is -0.630. The molecule has 0 unspecified atom stereocenters. The van der Waals surface area contributed by atoms with Crippen LogP contribution in [0.2, 0.25) is 0 Å². The third-order valence-electron chi connectivity index (χ3n) is 2.93. The predicted molar refractivity (Wildman–Crippen MR) is 85.0 cm³/mol. The van der Waals surface area contributed by atoms with E-state index in [1.54, 1.807) is 48.5 Å². The highest BCUT2D eigenvalue weighted by molar-refractivity contribution is 7.84. The first-order valence-electron chi connectivity index (χ1n) is 7.61. The number of alkyl halides is 3. The Balaban J connectivity index is 5.56. The molecule has 0 radical (unpaired) electrons. The molecule has 3 atom stereocenters. The Kier molecular flexibility index (Phi) is 8.23. The molecule has 0 bridgehead atoms. The number of ether oxygens (including phenoxy) is 1. The zero-order valence-corrected chi connectivity index (χ0v) is 15.6. The Labute approximate surface area is 139 Å². The maximum Gasteiger partial charge on any atom is 0.405 e. The zero-order valence-electron chi connectivity index (χ0n) is 14.8. The van der Waals surface area contributed by atoms with Gasteiger partial charge in [-0.3, -0.25) is 4.79 Å². The number of carbonyl (C=O) groups excluding carboxylic acids is 1. The molecule has 0 aromatic heterocycles. The lowest BCUT2D eigenvalue weighted by atomic mass is 9.90. The van der Waals surface area contributed by atoms with Crippen LogP contribution in [0.4, 0.5) is 13.2 Å². The van der Waals surface area contributed by atoms with Crippen LogP contribution in [0.15, 0.2) is 0 Å². The van der Waals surface area contributed by atoms with Crippen LogP contribution < -0.4 is 4.72 Å². The summed E-state index contributed by atoms with van der Waals surface area (Å²) in [4.78, 5) is 12.1. The molecule has 0 spiro atoms. The molecule has 0 saturated carbocycles. The summed E-state index contributed by atoms with van der Waals surface area (Å²) in [6, 6.07) is -2.21. The first-order chi connectivity index (χ1) is 10.2. The van der Waals surface area contributed by atoms with E-state index >= 15 is 0 Å². The minimum Gasteiger partial charge on any atom is -0.463 e. The van der Waals surface area contributed by atoms with E-state index in [1.165, 1.54) is 0 Å². The molecule has 4 nitrogen and oxygen atoms in total. The van der Waals surface area contributed by atoms with Crippen molar-refractivity contribution in [2.75, 3.05) is 0 Å². The molecule has 0 saturated heterocycles. The average Bonchev–Trinajstić information content (AvgIpc) is 2.29. The highest BCUT2D eigenvalue weighted by Crippen LogP contribution is 2.31. The van der Waals surface area contributed by atoms with Crippen molar-refractivity contribution in [2.45, 2.75) is 78.0 Å². The maximum absolute atomic E-state index is 13.5. The third kappa shape index (κ3) is 8.15. The van der Waals surface area contributed by atoms with Crippen LogP contribution in [0.3, 0.4) is 0 Å². The first kappa shape index (κ1) is 22.4. The second-order valence-corrected chi connectivity index (χ2v) is 9.24. The lowest BCUT2D eigenvalue weighted by Crippen LogP contribution is -2.54. The van der Waals surface area contributed by atoms with E-state index < -0.39 is 45.9 Å². The molecule has 0 amide bonds. The molecule has 0 aliphatic carbocycles. The number of hydrogen-bond donors (Lipinski definition) is 1. The number of nitrogens with one attached hydrogen (secondary N) is 1.